The zero-order chi connectivity index (χ0) is 19.9. The molecule has 0 amide bonds. The number of rotatable bonds is 3. The monoisotopic (exact) mass is 568 g/mol. The van der Waals surface area contributed by atoms with Gasteiger partial charge in [0.25, 0.3) is 0 Å². The molecule has 0 bridgehead atoms. The second-order valence-electron chi connectivity index (χ2n) is 5.68. The number of pyridine rings is 1. The molecule has 8 heteroatoms. The van der Waals surface area contributed by atoms with Crippen molar-refractivity contribution in [2.45, 2.75) is 6.92 Å². The van der Waals surface area contributed by atoms with Gasteiger partial charge in [0.05, 0.1) is 5.82 Å². The second kappa shape index (κ2) is 10.4. The third kappa shape index (κ3) is 5.63. The van der Waals surface area contributed by atoms with Crippen LogP contribution in [0.15, 0.2) is 72.9 Å². The summed E-state index contributed by atoms with van der Waals surface area (Å²) in [5, 5.41) is 16.6. The number of carboxylic acids is 1. The molecular formula is C21H16FIrN4O2-. The Hall–Kier alpha value is -3.22. The predicted octanol–water partition coefficient (Wildman–Crippen LogP) is 3.96. The van der Waals surface area contributed by atoms with Crippen LogP contribution in [0, 0.1) is 18.8 Å². The molecule has 1 N–H and O–H groups in total. The molecule has 4 rings (SSSR count). The van der Waals surface area contributed by atoms with Crippen LogP contribution < -0.4 is 0 Å². The molecule has 149 valence electrons. The summed E-state index contributed by atoms with van der Waals surface area (Å²) in [5.74, 6) is 0.129. The second-order valence-corrected chi connectivity index (χ2v) is 5.68. The molecule has 4 aromatic rings. The van der Waals surface area contributed by atoms with E-state index >= 15 is 0 Å². The number of aryl methyl sites for hydroxylation is 1. The predicted molar refractivity (Wildman–Crippen MR) is 102 cm³/mol. The van der Waals surface area contributed by atoms with Gasteiger partial charge in [0.1, 0.15) is 11.5 Å². The number of carboxylic acid groups (broad SMARTS) is 1. The van der Waals surface area contributed by atoms with Crippen molar-refractivity contribution in [1.29, 1.82) is 0 Å². The first-order valence-electron chi connectivity index (χ1n) is 8.35. The van der Waals surface area contributed by atoms with Crippen LogP contribution >= 0.6 is 0 Å². The fourth-order valence-corrected chi connectivity index (χ4v) is 2.46. The Labute approximate surface area is 180 Å². The van der Waals surface area contributed by atoms with E-state index in [2.05, 4.69) is 21.2 Å². The molecule has 0 fully saturated rings. The van der Waals surface area contributed by atoms with Crippen molar-refractivity contribution < 1.29 is 34.4 Å². The van der Waals surface area contributed by atoms with Gasteiger partial charge in [-0.15, -0.1) is 34.9 Å². The molecule has 0 aliphatic carbocycles. The van der Waals surface area contributed by atoms with Crippen molar-refractivity contribution in [3.05, 3.63) is 96.3 Å². The van der Waals surface area contributed by atoms with Gasteiger partial charge in [-0.25, -0.2) is 9.78 Å². The zero-order valence-electron chi connectivity index (χ0n) is 15.3. The molecule has 2 aromatic heterocycles. The van der Waals surface area contributed by atoms with Crippen molar-refractivity contribution >= 4 is 5.97 Å². The molecule has 0 aliphatic heterocycles. The molecule has 0 unspecified atom stereocenters. The van der Waals surface area contributed by atoms with E-state index in [0.717, 1.165) is 11.5 Å². The van der Waals surface area contributed by atoms with E-state index in [4.69, 9.17) is 5.11 Å². The molecule has 0 aliphatic rings. The third-order valence-electron chi connectivity index (χ3n) is 3.74. The molecule has 2 heterocycles. The Morgan fingerprint density at radius 1 is 1.03 bits per heavy atom. The molecule has 0 saturated carbocycles. The Bertz CT molecular complexity index is 1060. The largest absolute Gasteiger partial charge is 0.477 e. The number of nitrogens with zero attached hydrogens (tertiary/aromatic N) is 4. The van der Waals surface area contributed by atoms with Crippen LogP contribution in [0.2, 0.25) is 0 Å². The minimum absolute atomic E-state index is 0. The van der Waals surface area contributed by atoms with E-state index in [0.29, 0.717) is 11.4 Å². The summed E-state index contributed by atoms with van der Waals surface area (Å²) in [4.78, 5) is 13.7. The van der Waals surface area contributed by atoms with Gasteiger partial charge in [0, 0.05) is 37.8 Å². The Kier molecular flexibility index (Phi) is 7.88. The molecule has 1 radical (unpaired) electrons. The zero-order valence-corrected chi connectivity index (χ0v) is 17.7. The third-order valence-corrected chi connectivity index (χ3v) is 3.74. The molecule has 0 atom stereocenters. The summed E-state index contributed by atoms with van der Waals surface area (Å²) in [6.07, 6.45) is 1.45. The van der Waals surface area contributed by atoms with Gasteiger partial charge in [-0.3, -0.25) is 4.39 Å². The normalized spacial score (nSPS) is 9.72. The van der Waals surface area contributed by atoms with Crippen LogP contribution in [0.25, 0.3) is 17.1 Å². The molecular weight excluding hydrogens is 551 g/mol. The summed E-state index contributed by atoms with van der Waals surface area (Å²) < 4.78 is 14.9. The quantitative estimate of drug-likeness (QED) is 0.379. The Balaban J connectivity index is 0.000000255. The first-order chi connectivity index (χ1) is 13.6. The van der Waals surface area contributed by atoms with E-state index in [1.165, 1.54) is 24.4 Å². The van der Waals surface area contributed by atoms with E-state index in [9.17, 15) is 9.18 Å². The van der Waals surface area contributed by atoms with Gasteiger partial charge in [0.15, 0.2) is 0 Å². The number of aromatic nitrogens is 4. The standard InChI is InChI=1S/C15H11FN3.C6H5NO2.Ir/c1-11-17-18-15(12-7-9-13(16)10-8-12)19(11)14-5-3-2-4-6-14;8-6(9)5-3-1-2-4-7-5;/h2-7,9-10H,1H3;1-4H,(H,8,9);/q-1;;. The summed E-state index contributed by atoms with van der Waals surface area (Å²) >= 11 is 0. The SMILES string of the molecule is Cc1nnc(-c2[c-]cc(F)cc2)n1-c1ccccc1.O=C(O)c1ccccn1.[Ir]. The number of halogens is 1. The van der Waals surface area contributed by atoms with Crippen molar-refractivity contribution in [2.75, 3.05) is 0 Å². The van der Waals surface area contributed by atoms with Gasteiger partial charge >= 0.3 is 5.97 Å². The minimum atomic E-state index is -0.990. The number of hydrogen-bond donors (Lipinski definition) is 1. The Morgan fingerprint density at radius 3 is 2.31 bits per heavy atom. The number of benzene rings is 2. The van der Waals surface area contributed by atoms with Crippen molar-refractivity contribution in [3.8, 4) is 17.1 Å². The van der Waals surface area contributed by atoms with Crippen LogP contribution in [-0.2, 0) is 20.1 Å². The number of para-hydroxylation sites is 1. The number of carbonyl (C=O) groups is 1. The van der Waals surface area contributed by atoms with E-state index in [1.807, 2.05) is 41.8 Å². The summed E-state index contributed by atoms with van der Waals surface area (Å²) in [5.41, 5.74) is 1.76. The van der Waals surface area contributed by atoms with Crippen molar-refractivity contribution in [3.63, 3.8) is 0 Å². The average Bonchev–Trinajstić information content (AvgIpc) is 3.12. The number of aromatic carboxylic acids is 1. The van der Waals surface area contributed by atoms with E-state index in [1.54, 1.807) is 18.2 Å². The van der Waals surface area contributed by atoms with Gasteiger partial charge in [-0.05, 0) is 31.2 Å². The summed E-state index contributed by atoms with van der Waals surface area (Å²) in [6.45, 7) is 1.88. The van der Waals surface area contributed by atoms with Crippen LogP contribution in [0.5, 0.6) is 0 Å². The molecule has 0 spiro atoms. The van der Waals surface area contributed by atoms with Crippen molar-refractivity contribution in [1.82, 2.24) is 19.7 Å². The smallest absolute Gasteiger partial charge is 0.354 e. The average molecular weight is 568 g/mol. The van der Waals surface area contributed by atoms with Gasteiger partial charge in [-0.2, -0.15) is 5.10 Å². The van der Waals surface area contributed by atoms with Gasteiger partial charge in [0.2, 0.25) is 0 Å². The van der Waals surface area contributed by atoms with E-state index < -0.39 is 5.97 Å². The maximum Gasteiger partial charge on any atom is 0.354 e. The van der Waals surface area contributed by atoms with E-state index in [-0.39, 0.29) is 31.6 Å². The first-order valence-corrected chi connectivity index (χ1v) is 8.35. The van der Waals surface area contributed by atoms with Crippen LogP contribution in [0.3, 0.4) is 0 Å². The molecule has 2 aromatic carbocycles. The van der Waals surface area contributed by atoms with Crippen LogP contribution in [-0.4, -0.2) is 30.8 Å². The van der Waals surface area contributed by atoms with Crippen LogP contribution in [0.1, 0.15) is 16.3 Å². The first kappa shape index (κ1) is 22.1. The van der Waals surface area contributed by atoms with Crippen molar-refractivity contribution in [2.24, 2.45) is 0 Å². The van der Waals surface area contributed by atoms with Crippen LogP contribution in [0.4, 0.5) is 4.39 Å². The molecule has 0 saturated heterocycles. The summed E-state index contributed by atoms with van der Waals surface area (Å²) in [6, 6.07) is 21.8. The fourth-order valence-electron chi connectivity index (χ4n) is 2.46. The maximum absolute atomic E-state index is 13.0. The fraction of sp³-hybridized carbons (Fsp3) is 0.0476. The van der Waals surface area contributed by atoms with Gasteiger partial charge in [-0.1, -0.05) is 24.3 Å². The number of hydrogen-bond acceptors (Lipinski definition) is 4. The molecule has 29 heavy (non-hydrogen) atoms. The minimum Gasteiger partial charge on any atom is -0.477 e. The Morgan fingerprint density at radius 2 is 1.76 bits per heavy atom. The maximum atomic E-state index is 13.0. The summed E-state index contributed by atoms with van der Waals surface area (Å²) in [7, 11) is 0. The topological polar surface area (TPSA) is 80.9 Å². The van der Waals surface area contributed by atoms with Gasteiger partial charge < -0.3 is 9.67 Å². The molecule has 6 nitrogen and oxygen atoms in total.